The molecule has 0 spiro atoms. The maximum Gasteiger partial charge on any atom is 0.412 e. The minimum Gasteiger partial charge on any atom is -0.444 e. The fourth-order valence-electron chi connectivity index (χ4n) is 3.54. The zero-order chi connectivity index (χ0) is 23.1. The number of amides is 2. The van der Waals surface area contributed by atoms with Crippen LogP contribution in [-0.2, 0) is 16.1 Å². The maximum absolute atomic E-state index is 12.4. The first-order valence-corrected chi connectivity index (χ1v) is 11.0. The molecule has 0 atom stereocenters. The molecule has 0 aliphatic carbocycles. The minimum atomic E-state index is -0.608. The zero-order valence-corrected chi connectivity index (χ0v) is 19.3. The normalized spacial score (nSPS) is 15.6. The van der Waals surface area contributed by atoms with Crippen LogP contribution in [0.1, 0.15) is 39.2 Å². The molecular weight excluding hydrogens is 406 g/mol. The van der Waals surface area contributed by atoms with E-state index in [1.54, 1.807) is 57.3 Å². The van der Waals surface area contributed by atoms with E-state index in [4.69, 9.17) is 4.74 Å². The van der Waals surface area contributed by atoms with Gasteiger partial charge in [-0.25, -0.2) is 4.79 Å². The molecule has 1 fully saturated rings. The summed E-state index contributed by atoms with van der Waals surface area (Å²) in [6.07, 6.45) is 8.70. The molecular formula is C24H33N5O3. The van der Waals surface area contributed by atoms with Gasteiger partial charge in [-0.1, -0.05) is 12.1 Å². The quantitative estimate of drug-likeness (QED) is 0.658. The number of aromatic nitrogens is 2. The van der Waals surface area contributed by atoms with Gasteiger partial charge in [-0.2, -0.15) is 5.10 Å². The van der Waals surface area contributed by atoms with Crippen molar-refractivity contribution in [1.29, 1.82) is 0 Å². The second-order valence-corrected chi connectivity index (χ2v) is 9.24. The number of piperidine rings is 1. The van der Waals surface area contributed by atoms with Crippen molar-refractivity contribution in [3.05, 3.63) is 48.3 Å². The maximum atomic E-state index is 12.4. The van der Waals surface area contributed by atoms with E-state index in [0.29, 0.717) is 17.3 Å². The molecule has 2 N–H and O–H groups in total. The predicted octanol–water partition coefficient (Wildman–Crippen LogP) is 4.22. The van der Waals surface area contributed by atoms with Crippen molar-refractivity contribution in [2.24, 2.45) is 5.92 Å². The van der Waals surface area contributed by atoms with Crippen LogP contribution in [0.5, 0.6) is 0 Å². The van der Waals surface area contributed by atoms with Gasteiger partial charge in [-0.3, -0.25) is 14.8 Å². The molecule has 3 rings (SSSR count). The van der Waals surface area contributed by atoms with Crippen molar-refractivity contribution < 1.29 is 14.3 Å². The Morgan fingerprint density at radius 2 is 1.81 bits per heavy atom. The summed E-state index contributed by atoms with van der Waals surface area (Å²) >= 11 is 0. The van der Waals surface area contributed by atoms with Crippen LogP contribution in [0.4, 0.5) is 16.2 Å². The van der Waals surface area contributed by atoms with E-state index in [9.17, 15) is 9.59 Å². The molecule has 1 saturated heterocycles. The molecule has 0 radical (unpaired) electrons. The average Bonchev–Trinajstić information content (AvgIpc) is 3.16. The number of para-hydroxylation sites is 2. The van der Waals surface area contributed by atoms with Gasteiger partial charge in [0.2, 0.25) is 5.91 Å². The van der Waals surface area contributed by atoms with E-state index in [0.717, 1.165) is 25.2 Å². The fourth-order valence-corrected chi connectivity index (χ4v) is 3.54. The summed E-state index contributed by atoms with van der Waals surface area (Å²) in [5.74, 6) is 0.340. The van der Waals surface area contributed by atoms with E-state index in [2.05, 4.69) is 27.7 Å². The van der Waals surface area contributed by atoms with Gasteiger partial charge in [0.1, 0.15) is 5.60 Å². The average molecular weight is 440 g/mol. The monoisotopic (exact) mass is 439 g/mol. The summed E-state index contributed by atoms with van der Waals surface area (Å²) in [6.45, 7) is 8.53. The van der Waals surface area contributed by atoms with E-state index in [-0.39, 0.29) is 5.91 Å². The van der Waals surface area contributed by atoms with Gasteiger partial charge in [0, 0.05) is 24.4 Å². The third-order valence-electron chi connectivity index (χ3n) is 5.18. The highest BCUT2D eigenvalue weighted by Gasteiger charge is 2.18. The Labute approximate surface area is 189 Å². The Hall–Kier alpha value is -3.13. The van der Waals surface area contributed by atoms with E-state index in [1.165, 1.54) is 18.9 Å². The lowest BCUT2D eigenvalue weighted by Gasteiger charge is -2.28. The summed E-state index contributed by atoms with van der Waals surface area (Å²) in [5, 5.41) is 9.90. The van der Waals surface area contributed by atoms with Crippen LogP contribution in [0.15, 0.2) is 42.7 Å². The number of anilines is 2. The summed E-state index contributed by atoms with van der Waals surface area (Å²) in [4.78, 5) is 26.9. The van der Waals surface area contributed by atoms with Crippen LogP contribution >= 0.6 is 0 Å². The first-order valence-electron chi connectivity index (χ1n) is 11.0. The Morgan fingerprint density at radius 3 is 2.47 bits per heavy atom. The van der Waals surface area contributed by atoms with Gasteiger partial charge in [-0.15, -0.1) is 0 Å². The standard InChI is InChI=1S/C24H33N5O3/c1-24(2,3)32-23(31)27-21-8-6-5-7-20(21)26-22(30)10-9-19-15-25-29(17-19)16-18-11-13-28(4)14-12-18/h5-10,15,17-18H,11-14,16H2,1-4H3,(H,26,30)(H,27,31). The van der Waals surface area contributed by atoms with Crippen molar-refractivity contribution in [2.45, 2.75) is 45.8 Å². The molecule has 2 heterocycles. The molecule has 1 aromatic carbocycles. The molecule has 1 aromatic heterocycles. The van der Waals surface area contributed by atoms with Gasteiger partial charge < -0.3 is 15.0 Å². The van der Waals surface area contributed by atoms with Crippen molar-refractivity contribution in [3.8, 4) is 0 Å². The minimum absolute atomic E-state index is 0.300. The van der Waals surface area contributed by atoms with Crippen LogP contribution in [0, 0.1) is 5.92 Å². The van der Waals surface area contributed by atoms with E-state index >= 15 is 0 Å². The van der Waals surface area contributed by atoms with Gasteiger partial charge in [0.25, 0.3) is 0 Å². The third-order valence-corrected chi connectivity index (χ3v) is 5.18. The third kappa shape index (κ3) is 7.53. The molecule has 0 unspecified atom stereocenters. The molecule has 2 amide bonds. The van der Waals surface area contributed by atoms with Crippen LogP contribution in [0.25, 0.3) is 6.08 Å². The number of hydrogen-bond donors (Lipinski definition) is 2. The Kier molecular flexibility index (Phi) is 7.69. The zero-order valence-electron chi connectivity index (χ0n) is 19.3. The first kappa shape index (κ1) is 23.5. The second kappa shape index (κ2) is 10.5. The van der Waals surface area contributed by atoms with Gasteiger partial charge >= 0.3 is 6.09 Å². The van der Waals surface area contributed by atoms with Crippen LogP contribution in [0.3, 0.4) is 0 Å². The number of benzene rings is 1. The highest BCUT2D eigenvalue weighted by molar-refractivity contribution is 6.04. The number of nitrogens with zero attached hydrogens (tertiary/aromatic N) is 3. The van der Waals surface area contributed by atoms with Crippen molar-refractivity contribution in [3.63, 3.8) is 0 Å². The highest BCUT2D eigenvalue weighted by Crippen LogP contribution is 2.22. The van der Waals surface area contributed by atoms with Crippen molar-refractivity contribution >= 4 is 29.5 Å². The first-order chi connectivity index (χ1) is 15.2. The molecule has 0 saturated carbocycles. The van der Waals surface area contributed by atoms with Crippen LogP contribution < -0.4 is 10.6 Å². The molecule has 0 bridgehead atoms. The van der Waals surface area contributed by atoms with Crippen molar-refractivity contribution in [2.75, 3.05) is 30.8 Å². The van der Waals surface area contributed by atoms with Crippen LogP contribution in [0.2, 0.25) is 0 Å². The smallest absolute Gasteiger partial charge is 0.412 e. The number of carbonyl (C=O) groups is 2. The molecule has 1 aliphatic rings. The van der Waals surface area contributed by atoms with E-state index < -0.39 is 11.7 Å². The summed E-state index contributed by atoms with van der Waals surface area (Å²) in [6, 6.07) is 6.98. The lowest BCUT2D eigenvalue weighted by atomic mass is 9.97. The number of nitrogens with one attached hydrogen (secondary N) is 2. The Balaban J connectivity index is 1.55. The number of ether oxygens (including phenoxy) is 1. The number of carbonyl (C=O) groups excluding carboxylic acids is 2. The Morgan fingerprint density at radius 1 is 1.16 bits per heavy atom. The number of rotatable bonds is 6. The van der Waals surface area contributed by atoms with Crippen LogP contribution in [-0.4, -0.2) is 52.4 Å². The van der Waals surface area contributed by atoms with Gasteiger partial charge in [0.15, 0.2) is 0 Å². The summed E-state index contributed by atoms with van der Waals surface area (Å²) in [7, 11) is 2.16. The van der Waals surface area contributed by atoms with Gasteiger partial charge in [-0.05, 0) is 77.9 Å². The number of hydrogen-bond acceptors (Lipinski definition) is 5. The largest absolute Gasteiger partial charge is 0.444 e. The van der Waals surface area contributed by atoms with E-state index in [1.807, 2.05) is 10.9 Å². The summed E-state index contributed by atoms with van der Waals surface area (Å²) in [5.41, 5.74) is 1.22. The number of likely N-dealkylation sites (tertiary alicyclic amines) is 1. The topological polar surface area (TPSA) is 88.5 Å². The SMILES string of the molecule is CN1CCC(Cn2cc(C=CC(=O)Nc3ccccc3NC(=O)OC(C)(C)C)cn2)CC1. The molecule has 32 heavy (non-hydrogen) atoms. The molecule has 172 valence electrons. The summed E-state index contributed by atoms with van der Waals surface area (Å²) < 4.78 is 7.23. The molecule has 8 nitrogen and oxygen atoms in total. The molecule has 2 aromatic rings. The lowest BCUT2D eigenvalue weighted by molar-refractivity contribution is -0.111. The van der Waals surface area contributed by atoms with Crippen molar-refractivity contribution in [1.82, 2.24) is 14.7 Å². The predicted molar refractivity (Wildman–Crippen MR) is 126 cm³/mol. The fraction of sp³-hybridized carbons (Fsp3) is 0.458. The highest BCUT2D eigenvalue weighted by atomic mass is 16.6. The van der Waals surface area contributed by atoms with Gasteiger partial charge in [0.05, 0.1) is 17.6 Å². The molecule has 8 heteroatoms. The Bertz CT molecular complexity index is 953. The second-order valence-electron chi connectivity index (χ2n) is 9.24. The molecule has 1 aliphatic heterocycles. The lowest BCUT2D eigenvalue weighted by Crippen LogP contribution is -2.31.